The summed E-state index contributed by atoms with van der Waals surface area (Å²) >= 11 is 0. The minimum absolute atomic E-state index is 0.301. The van der Waals surface area contributed by atoms with E-state index >= 15 is 0 Å². The van der Waals surface area contributed by atoms with Gasteiger partial charge in [0.2, 0.25) is 0 Å². The highest BCUT2D eigenvalue weighted by atomic mass is 16.4. The molecule has 4 nitrogen and oxygen atoms in total. The summed E-state index contributed by atoms with van der Waals surface area (Å²) < 4.78 is 5.19. The topological polar surface area (TPSA) is 68.3 Å². The van der Waals surface area contributed by atoms with Crippen molar-refractivity contribution in [2.45, 2.75) is 12.3 Å². The summed E-state index contributed by atoms with van der Waals surface area (Å²) in [4.78, 5) is 11.5. The molecule has 3 N–H and O–H groups in total. The molecular formula is C13H14N2O2. The van der Waals surface area contributed by atoms with Gasteiger partial charge in [-0.1, -0.05) is 0 Å². The van der Waals surface area contributed by atoms with Crippen LogP contribution in [-0.2, 0) is 0 Å². The number of nitrogens with two attached hydrogens (primary N) is 1. The van der Waals surface area contributed by atoms with Gasteiger partial charge >= 0.3 is 5.63 Å². The molecule has 17 heavy (non-hydrogen) atoms. The lowest BCUT2D eigenvalue weighted by atomic mass is 9.95. The highest BCUT2D eigenvalue weighted by Gasteiger charge is 2.20. The third-order valence-corrected chi connectivity index (χ3v) is 3.30. The molecule has 2 aromatic rings. The summed E-state index contributed by atoms with van der Waals surface area (Å²) in [5.41, 5.74) is 7.67. The third-order valence-electron chi connectivity index (χ3n) is 3.30. The van der Waals surface area contributed by atoms with Crippen LogP contribution in [0.25, 0.3) is 11.0 Å². The second-order valence-electron chi connectivity index (χ2n) is 4.47. The van der Waals surface area contributed by atoms with E-state index in [1.54, 1.807) is 12.1 Å². The lowest BCUT2D eigenvalue weighted by Crippen LogP contribution is -2.10. The fraction of sp³-hybridized carbons (Fsp3) is 0.308. The van der Waals surface area contributed by atoms with Gasteiger partial charge < -0.3 is 15.5 Å². The summed E-state index contributed by atoms with van der Waals surface area (Å²) in [6, 6.07) is 7.09. The number of benzene rings is 1. The van der Waals surface area contributed by atoms with Crippen molar-refractivity contribution in [1.82, 2.24) is 5.32 Å². The molecule has 0 bridgehead atoms. The molecule has 1 aromatic heterocycles. The Morgan fingerprint density at radius 1 is 1.35 bits per heavy atom. The second-order valence-corrected chi connectivity index (χ2v) is 4.47. The normalized spacial score (nSPS) is 19.9. The Hall–Kier alpha value is -1.81. The molecule has 0 radical (unpaired) electrons. The zero-order valence-corrected chi connectivity index (χ0v) is 9.40. The van der Waals surface area contributed by atoms with E-state index in [9.17, 15) is 4.79 Å². The summed E-state index contributed by atoms with van der Waals surface area (Å²) in [7, 11) is 0. The van der Waals surface area contributed by atoms with Gasteiger partial charge in [0.25, 0.3) is 0 Å². The van der Waals surface area contributed by atoms with Gasteiger partial charge in [-0.3, -0.25) is 0 Å². The fourth-order valence-electron chi connectivity index (χ4n) is 2.46. The van der Waals surface area contributed by atoms with Crippen molar-refractivity contribution in [2.75, 3.05) is 18.8 Å². The number of rotatable bonds is 1. The molecule has 4 heteroatoms. The second kappa shape index (κ2) is 3.89. The molecule has 1 aromatic carbocycles. The molecule has 1 aliphatic rings. The van der Waals surface area contributed by atoms with Crippen molar-refractivity contribution in [3.63, 3.8) is 0 Å². The van der Waals surface area contributed by atoms with Crippen LogP contribution in [0.2, 0.25) is 0 Å². The average Bonchev–Trinajstić information content (AvgIpc) is 2.80. The van der Waals surface area contributed by atoms with Crippen LogP contribution >= 0.6 is 0 Å². The predicted molar refractivity (Wildman–Crippen MR) is 67.1 cm³/mol. The van der Waals surface area contributed by atoms with Crippen LogP contribution in [-0.4, -0.2) is 13.1 Å². The number of hydrogen-bond donors (Lipinski definition) is 2. The molecule has 2 heterocycles. The van der Waals surface area contributed by atoms with Gasteiger partial charge in [0, 0.05) is 29.8 Å². The Morgan fingerprint density at radius 2 is 2.24 bits per heavy atom. The zero-order valence-electron chi connectivity index (χ0n) is 9.40. The molecule has 1 saturated heterocycles. The van der Waals surface area contributed by atoms with E-state index in [0.717, 1.165) is 30.5 Å². The van der Waals surface area contributed by atoms with E-state index < -0.39 is 0 Å². The SMILES string of the molecule is Nc1ccc2c(C3CCNC3)cc(=O)oc2c1. The smallest absolute Gasteiger partial charge is 0.336 e. The van der Waals surface area contributed by atoms with Crippen LogP contribution in [0.4, 0.5) is 5.69 Å². The van der Waals surface area contributed by atoms with Gasteiger partial charge in [0.15, 0.2) is 0 Å². The Balaban J connectivity index is 2.25. The minimum Gasteiger partial charge on any atom is -0.423 e. The van der Waals surface area contributed by atoms with Gasteiger partial charge in [-0.05, 0) is 36.6 Å². The van der Waals surface area contributed by atoms with Crippen LogP contribution in [0.1, 0.15) is 17.9 Å². The molecule has 1 unspecified atom stereocenters. The van der Waals surface area contributed by atoms with Crippen LogP contribution in [0.15, 0.2) is 33.5 Å². The van der Waals surface area contributed by atoms with E-state index in [1.165, 1.54) is 0 Å². The number of nitrogens with one attached hydrogen (secondary N) is 1. The maximum absolute atomic E-state index is 11.5. The van der Waals surface area contributed by atoms with Crippen molar-refractivity contribution in [3.05, 3.63) is 40.2 Å². The third kappa shape index (κ3) is 1.80. The zero-order chi connectivity index (χ0) is 11.8. The van der Waals surface area contributed by atoms with Crippen LogP contribution in [0, 0.1) is 0 Å². The summed E-state index contributed by atoms with van der Waals surface area (Å²) in [6.45, 7) is 1.92. The lowest BCUT2D eigenvalue weighted by molar-refractivity contribution is 0.556. The molecule has 1 fully saturated rings. The standard InChI is InChI=1S/C13H14N2O2/c14-9-1-2-10-11(8-3-4-15-7-8)6-13(16)17-12(10)5-9/h1-2,5-6,8,15H,3-4,7,14H2. The van der Waals surface area contributed by atoms with Crippen molar-refractivity contribution < 1.29 is 4.42 Å². The van der Waals surface area contributed by atoms with Gasteiger partial charge in [-0.25, -0.2) is 4.79 Å². The summed E-state index contributed by atoms with van der Waals surface area (Å²) in [6.07, 6.45) is 1.06. The van der Waals surface area contributed by atoms with Crippen molar-refractivity contribution >= 4 is 16.7 Å². The molecule has 0 amide bonds. The molecule has 0 saturated carbocycles. The molecule has 3 rings (SSSR count). The molecule has 0 aliphatic carbocycles. The van der Waals surface area contributed by atoms with E-state index in [1.807, 2.05) is 12.1 Å². The Labute approximate surface area is 98.4 Å². The highest BCUT2D eigenvalue weighted by molar-refractivity contribution is 5.83. The van der Waals surface area contributed by atoms with Crippen LogP contribution in [0.5, 0.6) is 0 Å². The first-order valence-electron chi connectivity index (χ1n) is 5.78. The average molecular weight is 230 g/mol. The quantitative estimate of drug-likeness (QED) is 0.574. The van der Waals surface area contributed by atoms with Gasteiger partial charge in [-0.2, -0.15) is 0 Å². The maximum Gasteiger partial charge on any atom is 0.336 e. The van der Waals surface area contributed by atoms with Gasteiger partial charge in [0.1, 0.15) is 5.58 Å². The van der Waals surface area contributed by atoms with Crippen molar-refractivity contribution in [1.29, 1.82) is 0 Å². The number of nitrogen functional groups attached to an aromatic ring is 1. The number of hydrogen-bond acceptors (Lipinski definition) is 4. The Morgan fingerprint density at radius 3 is 3.00 bits per heavy atom. The van der Waals surface area contributed by atoms with Crippen molar-refractivity contribution in [2.24, 2.45) is 0 Å². The number of anilines is 1. The first kappa shape index (κ1) is 10.4. The fourth-order valence-corrected chi connectivity index (χ4v) is 2.46. The summed E-state index contributed by atoms with van der Waals surface area (Å²) in [5.74, 6) is 0.394. The van der Waals surface area contributed by atoms with E-state index in [4.69, 9.17) is 10.2 Å². The highest BCUT2D eigenvalue weighted by Crippen LogP contribution is 2.29. The first-order chi connectivity index (χ1) is 8.24. The molecule has 88 valence electrons. The van der Waals surface area contributed by atoms with E-state index in [0.29, 0.717) is 17.2 Å². The van der Waals surface area contributed by atoms with Crippen LogP contribution in [0.3, 0.4) is 0 Å². The maximum atomic E-state index is 11.5. The van der Waals surface area contributed by atoms with E-state index in [-0.39, 0.29) is 5.63 Å². The molecule has 1 atom stereocenters. The van der Waals surface area contributed by atoms with E-state index in [2.05, 4.69) is 5.32 Å². The monoisotopic (exact) mass is 230 g/mol. The Bertz CT molecular complexity index is 612. The lowest BCUT2D eigenvalue weighted by Gasteiger charge is -2.11. The van der Waals surface area contributed by atoms with Gasteiger partial charge in [-0.15, -0.1) is 0 Å². The van der Waals surface area contributed by atoms with Gasteiger partial charge in [0.05, 0.1) is 0 Å². The number of fused-ring (bicyclic) bond motifs is 1. The molecule has 1 aliphatic heterocycles. The predicted octanol–water partition coefficient (Wildman–Crippen LogP) is 1.45. The Kier molecular flexibility index (Phi) is 2.37. The van der Waals surface area contributed by atoms with Crippen LogP contribution < -0.4 is 16.7 Å². The largest absolute Gasteiger partial charge is 0.423 e. The minimum atomic E-state index is -0.301. The van der Waals surface area contributed by atoms with Crippen molar-refractivity contribution in [3.8, 4) is 0 Å². The molecule has 0 spiro atoms. The summed E-state index contributed by atoms with van der Waals surface area (Å²) in [5, 5.41) is 4.30. The first-order valence-corrected chi connectivity index (χ1v) is 5.78. The molecular weight excluding hydrogens is 216 g/mol.